The predicted molar refractivity (Wildman–Crippen MR) is 95.0 cm³/mol. The van der Waals surface area contributed by atoms with Gasteiger partial charge in [-0.2, -0.15) is 0 Å². The maximum absolute atomic E-state index is 10.7. The SMILES string of the molecule is O=[N+]([O-])c1ccc(C=Nc2ccc3c(c2)Cc2ccccc2-3)cc1. The minimum atomic E-state index is -0.404. The second-order valence-electron chi connectivity index (χ2n) is 5.78. The van der Waals surface area contributed by atoms with Crippen LogP contribution < -0.4 is 0 Å². The van der Waals surface area contributed by atoms with Crippen molar-refractivity contribution in [1.29, 1.82) is 0 Å². The number of rotatable bonds is 3. The molecule has 4 heteroatoms. The Balaban J connectivity index is 1.58. The van der Waals surface area contributed by atoms with Crippen LogP contribution in [-0.4, -0.2) is 11.1 Å². The number of nitro benzene ring substituents is 1. The van der Waals surface area contributed by atoms with Gasteiger partial charge < -0.3 is 0 Å². The fourth-order valence-corrected chi connectivity index (χ4v) is 3.04. The number of nitrogens with zero attached hydrogens (tertiary/aromatic N) is 2. The van der Waals surface area contributed by atoms with Crippen LogP contribution in [0.5, 0.6) is 0 Å². The van der Waals surface area contributed by atoms with Crippen LogP contribution in [0.4, 0.5) is 11.4 Å². The molecule has 0 atom stereocenters. The number of fused-ring (bicyclic) bond motifs is 3. The average molecular weight is 314 g/mol. The standard InChI is InChI=1S/C20H14N2O2/c23-22(24)18-8-5-14(6-9-18)13-21-17-7-10-20-16(12-17)11-15-3-1-2-4-19(15)20/h1-10,12-13H,11H2. The summed E-state index contributed by atoms with van der Waals surface area (Å²) in [6.07, 6.45) is 2.67. The lowest BCUT2D eigenvalue weighted by molar-refractivity contribution is -0.384. The van der Waals surface area contributed by atoms with Gasteiger partial charge in [0.15, 0.2) is 0 Å². The van der Waals surface area contributed by atoms with Gasteiger partial charge in [-0.3, -0.25) is 15.1 Å². The van der Waals surface area contributed by atoms with Gasteiger partial charge in [-0.15, -0.1) is 0 Å². The van der Waals surface area contributed by atoms with Crippen molar-refractivity contribution in [3.8, 4) is 11.1 Å². The Morgan fingerprint density at radius 1 is 0.917 bits per heavy atom. The van der Waals surface area contributed by atoms with Crippen LogP contribution in [0.15, 0.2) is 71.7 Å². The molecule has 4 rings (SSSR count). The molecule has 0 amide bonds. The van der Waals surface area contributed by atoms with E-state index in [2.05, 4.69) is 41.4 Å². The molecule has 0 N–H and O–H groups in total. The average Bonchev–Trinajstić information content (AvgIpc) is 2.98. The summed E-state index contributed by atoms with van der Waals surface area (Å²) in [6.45, 7) is 0. The second-order valence-corrected chi connectivity index (χ2v) is 5.78. The molecule has 0 saturated carbocycles. The Kier molecular flexibility index (Phi) is 3.43. The molecule has 0 fully saturated rings. The summed E-state index contributed by atoms with van der Waals surface area (Å²) < 4.78 is 0. The van der Waals surface area contributed by atoms with Gasteiger partial charge in [0, 0.05) is 18.3 Å². The number of benzene rings is 3. The highest BCUT2D eigenvalue weighted by atomic mass is 16.6. The molecule has 0 bridgehead atoms. The lowest BCUT2D eigenvalue weighted by atomic mass is 10.1. The first kappa shape index (κ1) is 14.3. The molecule has 1 aliphatic carbocycles. The molecule has 0 radical (unpaired) electrons. The molecule has 4 nitrogen and oxygen atoms in total. The summed E-state index contributed by atoms with van der Waals surface area (Å²) in [4.78, 5) is 14.8. The fourth-order valence-electron chi connectivity index (χ4n) is 3.04. The van der Waals surface area contributed by atoms with E-state index >= 15 is 0 Å². The molecule has 3 aromatic rings. The molecule has 0 aliphatic heterocycles. The number of non-ortho nitro benzene ring substituents is 1. The quantitative estimate of drug-likeness (QED) is 0.306. The van der Waals surface area contributed by atoms with Crippen LogP contribution in [0.25, 0.3) is 11.1 Å². The van der Waals surface area contributed by atoms with Crippen molar-refractivity contribution in [2.24, 2.45) is 4.99 Å². The predicted octanol–water partition coefficient (Wildman–Crippen LogP) is 4.92. The van der Waals surface area contributed by atoms with E-state index in [-0.39, 0.29) is 5.69 Å². The minimum absolute atomic E-state index is 0.0856. The summed E-state index contributed by atoms with van der Waals surface area (Å²) in [7, 11) is 0. The Bertz CT molecular complexity index is 960. The highest BCUT2D eigenvalue weighted by molar-refractivity contribution is 5.83. The number of hydrogen-bond acceptors (Lipinski definition) is 3. The van der Waals surface area contributed by atoms with Crippen LogP contribution in [0.2, 0.25) is 0 Å². The van der Waals surface area contributed by atoms with Crippen molar-refractivity contribution < 1.29 is 4.92 Å². The van der Waals surface area contributed by atoms with Crippen molar-refractivity contribution in [2.75, 3.05) is 0 Å². The number of hydrogen-bond donors (Lipinski definition) is 0. The third-order valence-electron chi connectivity index (χ3n) is 4.24. The van der Waals surface area contributed by atoms with Gasteiger partial charge >= 0.3 is 0 Å². The lowest BCUT2D eigenvalue weighted by Gasteiger charge is -2.01. The van der Waals surface area contributed by atoms with Crippen LogP contribution in [0.3, 0.4) is 0 Å². The smallest absolute Gasteiger partial charge is 0.258 e. The number of nitro groups is 1. The summed E-state index contributed by atoms with van der Waals surface area (Å²) in [5.41, 5.74) is 7.03. The van der Waals surface area contributed by atoms with E-state index in [9.17, 15) is 10.1 Å². The third-order valence-corrected chi connectivity index (χ3v) is 4.24. The molecule has 1 aliphatic rings. The van der Waals surface area contributed by atoms with Crippen molar-refractivity contribution in [3.05, 3.63) is 93.5 Å². The highest BCUT2D eigenvalue weighted by Crippen LogP contribution is 2.38. The largest absolute Gasteiger partial charge is 0.269 e. The summed E-state index contributed by atoms with van der Waals surface area (Å²) in [5, 5.41) is 10.7. The minimum Gasteiger partial charge on any atom is -0.258 e. The molecule has 0 unspecified atom stereocenters. The maximum atomic E-state index is 10.7. The molecule has 116 valence electrons. The van der Waals surface area contributed by atoms with E-state index in [0.717, 1.165) is 17.7 Å². The normalized spacial score (nSPS) is 12.2. The van der Waals surface area contributed by atoms with Gasteiger partial charge in [-0.05, 0) is 58.5 Å². The first-order valence-corrected chi connectivity index (χ1v) is 7.70. The molecule has 0 aromatic heterocycles. The van der Waals surface area contributed by atoms with Gasteiger partial charge in [-0.25, -0.2) is 0 Å². The summed E-state index contributed by atoms with van der Waals surface area (Å²) in [5.74, 6) is 0. The van der Waals surface area contributed by atoms with Crippen molar-refractivity contribution in [3.63, 3.8) is 0 Å². The Morgan fingerprint density at radius 3 is 2.46 bits per heavy atom. The van der Waals surface area contributed by atoms with E-state index in [1.54, 1.807) is 18.3 Å². The van der Waals surface area contributed by atoms with Crippen molar-refractivity contribution in [1.82, 2.24) is 0 Å². The third kappa shape index (κ3) is 2.58. The first-order chi connectivity index (χ1) is 11.7. The van der Waals surface area contributed by atoms with Gasteiger partial charge in [-0.1, -0.05) is 30.3 Å². The van der Waals surface area contributed by atoms with Crippen LogP contribution in [0, 0.1) is 10.1 Å². The highest BCUT2D eigenvalue weighted by Gasteiger charge is 2.17. The lowest BCUT2D eigenvalue weighted by Crippen LogP contribution is -1.88. The molecule has 0 spiro atoms. The zero-order valence-electron chi connectivity index (χ0n) is 12.8. The molecule has 3 aromatic carbocycles. The molecular formula is C20H14N2O2. The second kappa shape index (κ2) is 5.74. The van der Waals surface area contributed by atoms with Crippen molar-refractivity contribution in [2.45, 2.75) is 6.42 Å². The van der Waals surface area contributed by atoms with E-state index in [0.29, 0.717) is 0 Å². The molecule has 24 heavy (non-hydrogen) atoms. The Morgan fingerprint density at radius 2 is 1.67 bits per heavy atom. The molecule has 0 heterocycles. The Labute approximate surface area is 139 Å². The monoisotopic (exact) mass is 314 g/mol. The van der Waals surface area contributed by atoms with E-state index in [1.165, 1.54) is 34.4 Å². The first-order valence-electron chi connectivity index (χ1n) is 7.70. The van der Waals surface area contributed by atoms with E-state index in [4.69, 9.17) is 0 Å². The zero-order chi connectivity index (χ0) is 16.5. The van der Waals surface area contributed by atoms with Crippen LogP contribution in [0.1, 0.15) is 16.7 Å². The molecular weight excluding hydrogens is 300 g/mol. The fraction of sp³-hybridized carbons (Fsp3) is 0.0500. The summed E-state index contributed by atoms with van der Waals surface area (Å²) in [6, 6.07) is 21.0. The van der Waals surface area contributed by atoms with Gasteiger partial charge in [0.05, 0.1) is 10.6 Å². The topological polar surface area (TPSA) is 55.5 Å². The summed E-state index contributed by atoms with van der Waals surface area (Å²) >= 11 is 0. The van der Waals surface area contributed by atoms with Gasteiger partial charge in [0.25, 0.3) is 5.69 Å². The van der Waals surface area contributed by atoms with E-state index < -0.39 is 4.92 Å². The maximum Gasteiger partial charge on any atom is 0.269 e. The van der Waals surface area contributed by atoms with Crippen LogP contribution in [-0.2, 0) is 6.42 Å². The van der Waals surface area contributed by atoms with Gasteiger partial charge in [0.1, 0.15) is 0 Å². The van der Waals surface area contributed by atoms with Gasteiger partial charge in [0.2, 0.25) is 0 Å². The Hall–Kier alpha value is -3.27. The van der Waals surface area contributed by atoms with E-state index in [1.807, 2.05) is 6.07 Å². The molecule has 0 saturated heterocycles. The number of aliphatic imine (C=N–C) groups is 1. The van der Waals surface area contributed by atoms with Crippen molar-refractivity contribution >= 4 is 17.6 Å². The zero-order valence-corrected chi connectivity index (χ0v) is 12.8. The van der Waals surface area contributed by atoms with Crippen LogP contribution >= 0.6 is 0 Å².